The first-order valence-electron chi connectivity index (χ1n) is 4.69. The molecule has 0 aromatic carbocycles. The highest BCUT2D eigenvalue weighted by Gasteiger charge is 2.13. The number of rotatable bonds is 2. The molecule has 0 radical (unpaired) electrons. The molecular weight excluding hydrogens is 194 g/mol. The minimum Gasteiger partial charge on any atom is -0.359 e. The molecule has 1 aliphatic heterocycles. The summed E-state index contributed by atoms with van der Waals surface area (Å²) in [5, 5.41) is 4.94. The highest BCUT2D eigenvalue weighted by Crippen LogP contribution is 2.18. The molecule has 0 fully saturated rings. The molecule has 0 bridgehead atoms. The van der Waals surface area contributed by atoms with Crippen LogP contribution in [0.4, 0.5) is 0 Å². The van der Waals surface area contributed by atoms with Crippen LogP contribution in [0.15, 0.2) is 29.4 Å². The van der Waals surface area contributed by atoms with Gasteiger partial charge in [0, 0.05) is 11.4 Å². The van der Waals surface area contributed by atoms with E-state index in [4.69, 9.17) is 0 Å². The van der Waals surface area contributed by atoms with E-state index in [-0.39, 0.29) is 0 Å². The lowest BCUT2D eigenvalue weighted by Crippen LogP contribution is -2.19. The largest absolute Gasteiger partial charge is 0.359 e. The molecule has 1 aromatic rings. The standard InChI is InChI=1S/C10H13N3S/c1-8-6-12-10(14-8)13-7-9-4-2-3-5-11-9/h2-5,8H,6-7H2,1H3,(H,12,13)/t8-/m0/s1. The smallest absolute Gasteiger partial charge is 0.157 e. The van der Waals surface area contributed by atoms with Crippen LogP contribution in [0.25, 0.3) is 0 Å². The van der Waals surface area contributed by atoms with Crippen LogP contribution >= 0.6 is 11.8 Å². The summed E-state index contributed by atoms with van der Waals surface area (Å²) in [5.74, 6) is 0. The lowest BCUT2D eigenvalue weighted by molar-refractivity contribution is 0.877. The van der Waals surface area contributed by atoms with E-state index in [1.165, 1.54) is 0 Å². The van der Waals surface area contributed by atoms with E-state index in [0.717, 1.165) is 24.0 Å². The van der Waals surface area contributed by atoms with Gasteiger partial charge in [-0.2, -0.15) is 0 Å². The number of nitrogens with zero attached hydrogens (tertiary/aromatic N) is 2. The molecule has 0 spiro atoms. The second-order valence-electron chi connectivity index (χ2n) is 3.25. The Morgan fingerprint density at radius 3 is 3.14 bits per heavy atom. The van der Waals surface area contributed by atoms with E-state index >= 15 is 0 Å². The van der Waals surface area contributed by atoms with Gasteiger partial charge in [-0.3, -0.25) is 9.98 Å². The highest BCUT2D eigenvalue weighted by atomic mass is 32.2. The average Bonchev–Trinajstić information content (AvgIpc) is 2.63. The second kappa shape index (κ2) is 4.46. The SMILES string of the molecule is C[C@H]1CN=C(NCc2ccccn2)S1. The van der Waals surface area contributed by atoms with Crippen molar-refractivity contribution in [1.82, 2.24) is 10.3 Å². The predicted molar refractivity (Wildman–Crippen MR) is 60.4 cm³/mol. The molecule has 0 amide bonds. The Bertz CT molecular complexity index is 323. The first kappa shape index (κ1) is 9.52. The minimum atomic E-state index is 0.612. The van der Waals surface area contributed by atoms with Crippen molar-refractivity contribution >= 4 is 16.9 Å². The molecule has 0 saturated heterocycles. The number of hydrogen-bond acceptors (Lipinski definition) is 4. The molecule has 4 heteroatoms. The van der Waals surface area contributed by atoms with E-state index in [1.54, 1.807) is 11.8 Å². The zero-order valence-electron chi connectivity index (χ0n) is 8.10. The molecule has 1 atom stereocenters. The van der Waals surface area contributed by atoms with Gasteiger partial charge in [0.25, 0.3) is 0 Å². The number of aliphatic imine (C=N–C) groups is 1. The van der Waals surface area contributed by atoms with Crippen molar-refractivity contribution in [3.8, 4) is 0 Å². The van der Waals surface area contributed by atoms with Crippen LogP contribution < -0.4 is 5.32 Å². The Balaban J connectivity index is 1.84. The maximum absolute atomic E-state index is 4.37. The molecule has 2 rings (SSSR count). The summed E-state index contributed by atoms with van der Waals surface area (Å²) in [4.78, 5) is 8.60. The van der Waals surface area contributed by atoms with Crippen LogP contribution in [0.2, 0.25) is 0 Å². The molecule has 0 unspecified atom stereocenters. The summed E-state index contributed by atoms with van der Waals surface area (Å²) >= 11 is 1.80. The van der Waals surface area contributed by atoms with E-state index in [0.29, 0.717) is 5.25 Å². The third-order valence-corrected chi connectivity index (χ3v) is 3.00. The number of nitrogens with one attached hydrogen (secondary N) is 1. The number of thioether (sulfide) groups is 1. The maximum Gasteiger partial charge on any atom is 0.157 e. The second-order valence-corrected chi connectivity index (χ2v) is 4.68. The molecule has 74 valence electrons. The maximum atomic E-state index is 4.37. The number of amidine groups is 1. The third kappa shape index (κ3) is 2.48. The summed E-state index contributed by atoms with van der Waals surface area (Å²) < 4.78 is 0. The summed E-state index contributed by atoms with van der Waals surface area (Å²) in [5.41, 5.74) is 1.05. The van der Waals surface area contributed by atoms with Gasteiger partial charge in [-0.15, -0.1) is 0 Å². The zero-order chi connectivity index (χ0) is 9.80. The summed E-state index contributed by atoms with van der Waals surface area (Å²) in [6.07, 6.45) is 1.81. The van der Waals surface area contributed by atoms with E-state index in [1.807, 2.05) is 24.4 Å². The van der Waals surface area contributed by atoms with Crippen LogP contribution in [-0.4, -0.2) is 21.9 Å². The van der Waals surface area contributed by atoms with Crippen LogP contribution in [0, 0.1) is 0 Å². The first-order valence-corrected chi connectivity index (χ1v) is 5.57. The van der Waals surface area contributed by atoms with Gasteiger partial charge >= 0.3 is 0 Å². The van der Waals surface area contributed by atoms with Crippen LogP contribution in [0.1, 0.15) is 12.6 Å². The van der Waals surface area contributed by atoms with Gasteiger partial charge in [0.2, 0.25) is 0 Å². The first-order chi connectivity index (χ1) is 6.84. The van der Waals surface area contributed by atoms with Crippen LogP contribution in [-0.2, 0) is 6.54 Å². The Morgan fingerprint density at radius 1 is 1.57 bits per heavy atom. The summed E-state index contributed by atoms with van der Waals surface area (Å²) in [6.45, 7) is 3.87. The number of aromatic nitrogens is 1. The van der Waals surface area contributed by atoms with E-state index in [2.05, 4.69) is 22.2 Å². The van der Waals surface area contributed by atoms with Crippen molar-refractivity contribution in [1.29, 1.82) is 0 Å². The Kier molecular flexibility index (Phi) is 3.03. The normalized spacial score (nSPS) is 20.6. The van der Waals surface area contributed by atoms with Crippen molar-refractivity contribution in [3.63, 3.8) is 0 Å². The molecule has 0 aliphatic carbocycles. The van der Waals surface area contributed by atoms with Gasteiger partial charge in [0.1, 0.15) is 0 Å². The quantitative estimate of drug-likeness (QED) is 0.801. The third-order valence-electron chi connectivity index (χ3n) is 1.95. The molecule has 14 heavy (non-hydrogen) atoms. The highest BCUT2D eigenvalue weighted by molar-refractivity contribution is 8.14. The van der Waals surface area contributed by atoms with Gasteiger partial charge < -0.3 is 5.32 Å². The van der Waals surface area contributed by atoms with Gasteiger partial charge in [-0.25, -0.2) is 0 Å². The van der Waals surface area contributed by atoms with Crippen molar-refractivity contribution in [3.05, 3.63) is 30.1 Å². The Morgan fingerprint density at radius 2 is 2.50 bits per heavy atom. The molecule has 2 heterocycles. The predicted octanol–water partition coefficient (Wildman–Crippen LogP) is 1.66. The zero-order valence-corrected chi connectivity index (χ0v) is 8.92. The lowest BCUT2D eigenvalue weighted by Gasteiger charge is -2.04. The topological polar surface area (TPSA) is 37.3 Å². The fourth-order valence-electron chi connectivity index (χ4n) is 1.24. The Labute approximate surface area is 88.0 Å². The molecule has 1 aromatic heterocycles. The van der Waals surface area contributed by atoms with E-state index < -0.39 is 0 Å². The van der Waals surface area contributed by atoms with Crippen molar-refractivity contribution in [2.75, 3.05) is 6.54 Å². The molecule has 3 nitrogen and oxygen atoms in total. The molecule has 1 aliphatic rings. The van der Waals surface area contributed by atoms with Crippen LogP contribution in [0.5, 0.6) is 0 Å². The van der Waals surface area contributed by atoms with Gasteiger partial charge in [-0.1, -0.05) is 24.8 Å². The molecule has 1 N–H and O–H groups in total. The van der Waals surface area contributed by atoms with Gasteiger partial charge in [0.15, 0.2) is 5.17 Å². The van der Waals surface area contributed by atoms with Crippen molar-refractivity contribution in [2.24, 2.45) is 4.99 Å². The minimum absolute atomic E-state index is 0.612. The summed E-state index contributed by atoms with van der Waals surface area (Å²) in [6, 6.07) is 5.93. The van der Waals surface area contributed by atoms with Gasteiger partial charge in [-0.05, 0) is 12.1 Å². The average molecular weight is 207 g/mol. The fourth-order valence-corrected chi connectivity index (χ4v) is 2.08. The van der Waals surface area contributed by atoms with Crippen molar-refractivity contribution < 1.29 is 0 Å². The van der Waals surface area contributed by atoms with Gasteiger partial charge in [0.05, 0.1) is 18.8 Å². The van der Waals surface area contributed by atoms with Crippen LogP contribution in [0.3, 0.4) is 0 Å². The Hall–Kier alpha value is -1.03. The number of pyridine rings is 1. The monoisotopic (exact) mass is 207 g/mol. The van der Waals surface area contributed by atoms with E-state index in [9.17, 15) is 0 Å². The molecule has 0 saturated carbocycles. The lowest BCUT2D eigenvalue weighted by atomic mass is 10.3. The number of hydrogen-bond donors (Lipinski definition) is 1. The fraction of sp³-hybridized carbons (Fsp3) is 0.400. The summed E-state index contributed by atoms with van der Waals surface area (Å²) in [7, 11) is 0. The van der Waals surface area contributed by atoms with Crippen molar-refractivity contribution in [2.45, 2.75) is 18.7 Å². The molecular formula is C10H13N3S.